The number of alkyl halides is 3. The zero-order valence-corrected chi connectivity index (χ0v) is 21.1. The summed E-state index contributed by atoms with van der Waals surface area (Å²) in [6, 6.07) is 20.0. The fourth-order valence-electron chi connectivity index (χ4n) is 5.13. The number of ether oxygens (including phenoxy) is 1. The van der Waals surface area contributed by atoms with E-state index in [4.69, 9.17) is 9.84 Å². The first-order valence-corrected chi connectivity index (χ1v) is 12.7. The Morgan fingerprint density at radius 2 is 1.46 bits per heavy atom. The zero-order chi connectivity index (χ0) is 28.0. The molecular weight excluding hydrogens is 514 g/mol. The first kappa shape index (κ1) is 28.1. The van der Waals surface area contributed by atoms with Crippen molar-refractivity contribution in [3.63, 3.8) is 0 Å². The van der Waals surface area contributed by atoms with E-state index in [2.05, 4.69) is 5.32 Å². The highest BCUT2D eigenvalue weighted by molar-refractivity contribution is 5.94. The lowest BCUT2D eigenvalue weighted by Gasteiger charge is -2.42. The maximum Gasteiger partial charge on any atom is 0.391 e. The zero-order valence-electron chi connectivity index (χ0n) is 21.1. The van der Waals surface area contributed by atoms with Crippen molar-refractivity contribution in [1.82, 2.24) is 5.32 Å². The molecule has 0 atom stereocenters. The van der Waals surface area contributed by atoms with Crippen molar-refractivity contribution in [1.29, 1.82) is 0 Å². The summed E-state index contributed by atoms with van der Waals surface area (Å²) in [5.74, 6) is -2.55. The summed E-state index contributed by atoms with van der Waals surface area (Å²) in [4.78, 5) is 23.1. The third-order valence-electron chi connectivity index (χ3n) is 7.35. The molecule has 4 rings (SSSR count). The van der Waals surface area contributed by atoms with Gasteiger partial charge < -0.3 is 15.2 Å². The van der Waals surface area contributed by atoms with Crippen molar-refractivity contribution in [3.05, 3.63) is 101 Å². The Labute approximate surface area is 223 Å². The van der Waals surface area contributed by atoms with Crippen LogP contribution in [-0.2, 0) is 16.8 Å². The number of nitrogens with one attached hydrogen (secondary N) is 1. The quantitative estimate of drug-likeness (QED) is 0.297. The molecule has 1 saturated carbocycles. The summed E-state index contributed by atoms with van der Waals surface area (Å²) >= 11 is 0. The third kappa shape index (κ3) is 6.96. The van der Waals surface area contributed by atoms with Gasteiger partial charge in [0.25, 0.3) is 5.91 Å². The Morgan fingerprint density at radius 1 is 0.897 bits per heavy atom. The smallest absolute Gasteiger partial charge is 0.391 e. The maximum atomic E-state index is 13.5. The molecule has 1 aliphatic rings. The second kappa shape index (κ2) is 11.9. The van der Waals surface area contributed by atoms with Crippen molar-refractivity contribution in [2.24, 2.45) is 5.92 Å². The first-order chi connectivity index (χ1) is 18.6. The average molecular weight is 544 g/mol. The van der Waals surface area contributed by atoms with Gasteiger partial charge >= 0.3 is 12.1 Å². The van der Waals surface area contributed by atoms with Crippen LogP contribution in [0.1, 0.15) is 59.2 Å². The Kier molecular flexibility index (Phi) is 8.57. The van der Waals surface area contributed by atoms with Gasteiger partial charge in [0.15, 0.2) is 0 Å². The van der Waals surface area contributed by atoms with Crippen molar-refractivity contribution >= 4 is 11.9 Å². The lowest BCUT2D eigenvalue weighted by Crippen LogP contribution is -2.37. The minimum atomic E-state index is -4.25. The van der Waals surface area contributed by atoms with Crippen LogP contribution < -0.4 is 10.1 Å². The molecular formula is C30H29F4NO4. The summed E-state index contributed by atoms with van der Waals surface area (Å²) in [7, 11) is 0. The summed E-state index contributed by atoms with van der Waals surface area (Å²) in [5, 5.41) is 11.3. The number of carbonyl (C=O) groups is 2. The number of benzene rings is 3. The van der Waals surface area contributed by atoms with Gasteiger partial charge in [-0.2, -0.15) is 13.2 Å². The van der Waals surface area contributed by atoms with E-state index in [9.17, 15) is 27.2 Å². The molecule has 2 N–H and O–H groups in total. The molecule has 0 spiro atoms. The van der Waals surface area contributed by atoms with Gasteiger partial charge in [-0.3, -0.25) is 9.59 Å². The third-order valence-corrected chi connectivity index (χ3v) is 7.35. The van der Waals surface area contributed by atoms with Crippen LogP contribution in [0.4, 0.5) is 17.6 Å². The summed E-state index contributed by atoms with van der Waals surface area (Å²) in [5.41, 5.74) is 2.14. The number of carboxylic acid groups (broad SMARTS) is 1. The highest BCUT2D eigenvalue weighted by Crippen LogP contribution is 2.50. The molecule has 0 saturated heterocycles. The van der Waals surface area contributed by atoms with Gasteiger partial charge in [0.05, 0.1) is 12.3 Å². The van der Waals surface area contributed by atoms with E-state index in [0.29, 0.717) is 11.3 Å². The van der Waals surface area contributed by atoms with E-state index in [0.717, 1.165) is 16.7 Å². The van der Waals surface area contributed by atoms with Crippen molar-refractivity contribution in [3.8, 4) is 5.75 Å². The second-order valence-corrected chi connectivity index (χ2v) is 9.81. The Hall–Kier alpha value is -3.88. The molecule has 0 radical (unpaired) electrons. The van der Waals surface area contributed by atoms with E-state index in [1.807, 2.05) is 12.1 Å². The van der Waals surface area contributed by atoms with Gasteiger partial charge in [-0.15, -0.1) is 0 Å². The molecule has 39 heavy (non-hydrogen) atoms. The van der Waals surface area contributed by atoms with Crippen LogP contribution in [0.3, 0.4) is 0 Å². The predicted molar refractivity (Wildman–Crippen MR) is 137 cm³/mol. The molecule has 3 aromatic carbocycles. The van der Waals surface area contributed by atoms with Crippen LogP contribution in [-0.4, -0.2) is 29.7 Å². The number of carboxylic acids is 1. The van der Waals surface area contributed by atoms with Crippen LogP contribution in [0.2, 0.25) is 0 Å². The number of carbonyl (C=O) groups excluding carboxylic acids is 1. The van der Waals surface area contributed by atoms with Crippen LogP contribution in [0.5, 0.6) is 5.75 Å². The van der Waals surface area contributed by atoms with Gasteiger partial charge in [0.1, 0.15) is 18.2 Å². The van der Waals surface area contributed by atoms with Gasteiger partial charge in [-0.25, -0.2) is 4.39 Å². The molecule has 1 fully saturated rings. The van der Waals surface area contributed by atoms with Crippen molar-refractivity contribution in [2.75, 3.05) is 6.54 Å². The van der Waals surface area contributed by atoms with E-state index in [1.54, 1.807) is 48.5 Å². The number of halogens is 4. The monoisotopic (exact) mass is 543 g/mol. The first-order valence-electron chi connectivity index (χ1n) is 12.7. The normalized spacial score (nSPS) is 19.3. The van der Waals surface area contributed by atoms with Gasteiger partial charge in [-0.05, 0) is 78.8 Å². The molecule has 9 heteroatoms. The molecule has 0 aliphatic heterocycles. The van der Waals surface area contributed by atoms with Gasteiger partial charge in [0.2, 0.25) is 0 Å². The molecule has 1 aliphatic carbocycles. The highest BCUT2D eigenvalue weighted by Gasteiger charge is 2.47. The maximum absolute atomic E-state index is 13.5. The minimum Gasteiger partial charge on any atom is -0.489 e. The largest absolute Gasteiger partial charge is 0.489 e. The van der Waals surface area contributed by atoms with Crippen LogP contribution in [0, 0.1) is 11.7 Å². The minimum absolute atomic E-state index is 0.00569. The second-order valence-electron chi connectivity index (χ2n) is 9.81. The van der Waals surface area contributed by atoms with Crippen molar-refractivity contribution < 1.29 is 37.0 Å². The molecule has 0 heterocycles. The van der Waals surface area contributed by atoms with E-state index in [1.165, 1.54) is 12.1 Å². The van der Waals surface area contributed by atoms with E-state index in [-0.39, 0.29) is 51.1 Å². The van der Waals surface area contributed by atoms with E-state index < -0.39 is 29.4 Å². The summed E-state index contributed by atoms with van der Waals surface area (Å²) < 4.78 is 59.4. The molecule has 0 aromatic heterocycles. The lowest BCUT2D eigenvalue weighted by atomic mass is 9.63. The lowest BCUT2D eigenvalue weighted by molar-refractivity contribution is -0.184. The average Bonchev–Trinajstić information content (AvgIpc) is 2.92. The van der Waals surface area contributed by atoms with Gasteiger partial charge in [-0.1, -0.05) is 36.4 Å². The van der Waals surface area contributed by atoms with Crippen LogP contribution >= 0.6 is 0 Å². The standard InChI is InChI=1S/C30H29F4NO4/c31-25-9-1-20(2-10-25)19-39-26-11-7-23(8-12-26)29(16-13-24(14-17-29)30(32,33)34)22-5-3-21(4-6-22)28(38)35-18-15-27(36)37/h1-12,24H,13-19H2,(H,35,38)(H,36,37). The molecule has 0 bridgehead atoms. The number of rotatable bonds is 9. The van der Waals surface area contributed by atoms with Crippen LogP contribution in [0.15, 0.2) is 72.8 Å². The molecule has 3 aromatic rings. The Balaban J connectivity index is 1.54. The SMILES string of the molecule is O=C(O)CCNC(=O)c1ccc(C2(c3ccc(OCc4ccc(F)cc4)cc3)CCC(C(F)(F)F)CC2)cc1. The van der Waals surface area contributed by atoms with Gasteiger partial charge in [0, 0.05) is 17.5 Å². The molecule has 5 nitrogen and oxygen atoms in total. The number of amides is 1. The van der Waals surface area contributed by atoms with E-state index >= 15 is 0 Å². The fourth-order valence-corrected chi connectivity index (χ4v) is 5.13. The van der Waals surface area contributed by atoms with Crippen LogP contribution in [0.25, 0.3) is 0 Å². The molecule has 0 unspecified atom stereocenters. The Morgan fingerprint density at radius 3 is 2.00 bits per heavy atom. The predicted octanol–water partition coefficient (Wildman–Crippen LogP) is 6.65. The summed E-state index contributed by atoms with van der Waals surface area (Å²) in [6.45, 7) is 0.238. The highest BCUT2D eigenvalue weighted by atomic mass is 19.4. The van der Waals surface area contributed by atoms with Crippen molar-refractivity contribution in [2.45, 2.75) is 50.3 Å². The number of aliphatic carboxylic acids is 1. The number of hydrogen-bond donors (Lipinski definition) is 2. The number of hydrogen-bond acceptors (Lipinski definition) is 3. The fraction of sp³-hybridized carbons (Fsp3) is 0.333. The summed E-state index contributed by atoms with van der Waals surface area (Å²) in [6.07, 6.45) is -3.89. The topological polar surface area (TPSA) is 75.6 Å². The molecule has 206 valence electrons. The Bertz CT molecular complexity index is 1260. The molecule has 1 amide bonds.